The highest BCUT2D eigenvalue weighted by Crippen LogP contribution is 2.37. The van der Waals surface area contributed by atoms with Gasteiger partial charge in [0.15, 0.2) is 0 Å². The standard InChI is InChI=1S/C33H40FN3O4/c1-31(2,3)41-30(39)37-27(20-22-14-11-12-18-25(22)34)28(40-33(37,6)7)21-26-24(17-13-19-35-26)29(38)36-32(4,5)23-15-9-8-10-16-23/h8-19,27-28H,20-21H2,1-7H3,(H,36,38)/t27-,28+/m1/s1. The Morgan fingerprint density at radius 2 is 1.63 bits per heavy atom. The average Bonchev–Trinajstić information content (AvgIpc) is 3.13. The van der Waals surface area contributed by atoms with Crippen molar-refractivity contribution in [1.82, 2.24) is 15.2 Å². The number of nitrogens with one attached hydrogen (secondary N) is 1. The van der Waals surface area contributed by atoms with Gasteiger partial charge in [0.2, 0.25) is 0 Å². The monoisotopic (exact) mass is 561 g/mol. The molecule has 41 heavy (non-hydrogen) atoms. The third kappa shape index (κ3) is 7.11. The van der Waals surface area contributed by atoms with Crippen molar-refractivity contribution in [2.24, 2.45) is 0 Å². The van der Waals surface area contributed by atoms with Crippen molar-refractivity contribution in [1.29, 1.82) is 0 Å². The molecule has 0 saturated carbocycles. The van der Waals surface area contributed by atoms with Crippen LogP contribution >= 0.6 is 0 Å². The van der Waals surface area contributed by atoms with E-state index in [1.165, 1.54) is 6.07 Å². The van der Waals surface area contributed by atoms with Gasteiger partial charge in [-0.1, -0.05) is 48.5 Å². The number of rotatable bonds is 7. The van der Waals surface area contributed by atoms with Crippen molar-refractivity contribution in [2.45, 2.75) is 90.3 Å². The smallest absolute Gasteiger partial charge is 0.412 e. The first-order valence-electron chi connectivity index (χ1n) is 13.9. The predicted molar refractivity (Wildman–Crippen MR) is 156 cm³/mol. The maximum absolute atomic E-state index is 14.8. The molecule has 2 heterocycles. The minimum Gasteiger partial charge on any atom is -0.444 e. The normalized spacial score (nSPS) is 18.7. The van der Waals surface area contributed by atoms with E-state index in [2.05, 4.69) is 10.3 Å². The number of halogens is 1. The molecule has 218 valence electrons. The number of nitrogens with zero attached hydrogens (tertiary/aromatic N) is 2. The highest BCUT2D eigenvalue weighted by molar-refractivity contribution is 5.95. The Balaban J connectivity index is 1.66. The molecule has 3 aromatic rings. The van der Waals surface area contributed by atoms with Crippen LogP contribution < -0.4 is 5.32 Å². The molecular weight excluding hydrogens is 521 g/mol. The molecule has 4 rings (SSSR count). The van der Waals surface area contributed by atoms with Gasteiger partial charge in [-0.2, -0.15) is 0 Å². The van der Waals surface area contributed by atoms with Crippen LogP contribution in [0, 0.1) is 5.82 Å². The molecule has 1 aliphatic heterocycles. The number of benzene rings is 2. The highest BCUT2D eigenvalue weighted by atomic mass is 19.1. The van der Waals surface area contributed by atoms with Crippen LogP contribution in [-0.4, -0.2) is 45.4 Å². The molecule has 1 saturated heterocycles. The molecule has 1 aromatic heterocycles. The Labute approximate surface area is 242 Å². The van der Waals surface area contributed by atoms with Crippen molar-refractivity contribution in [2.75, 3.05) is 0 Å². The van der Waals surface area contributed by atoms with Crippen LogP contribution in [0.1, 0.15) is 75.6 Å². The number of hydrogen-bond donors (Lipinski definition) is 1. The summed E-state index contributed by atoms with van der Waals surface area (Å²) in [5.74, 6) is -0.630. The van der Waals surface area contributed by atoms with Gasteiger partial charge < -0.3 is 14.8 Å². The van der Waals surface area contributed by atoms with Crippen LogP contribution in [0.25, 0.3) is 0 Å². The zero-order chi connectivity index (χ0) is 30.0. The van der Waals surface area contributed by atoms with E-state index in [9.17, 15) is 14.0 Å². The third-order valence-corrected chi connectivity index (χ3v) is 7.21. The zero-order valence-electron chi connectivity index (χ0n) is 24.9. The lowest BCUT2D eigenvalue weighted by Gasteiger charge is -2.35. The fraction of sp³-hybridized carbons (Fsp3) is 0.424. The fourth-order valence-corrected chi connectivity index (χ4v) is 5.30. The molecule has 0 radical (unpaired) electrons. The van der Waals surface area contributed by atoms with Gasteiger partial charge in [-0.15, -0.1) is 0 Å². The Hall–Kier alpha value is -3.78. The van der Waals surface area contributed by atoms with E-state index >= 15 is 0 Å². The van der Waals surface area contributed by atoms with Gasteiger partial charge in [-0.05, 0) is 84.2 Å². The zero-order valence-corrected chi connectivity index (χ0v) is 24.9. The second-order valence-electron chi connectivity index (χ2n) is 12.5. The summed E-state index contributed by atoms with van der Waals surface area (Å²) in [6.45, 7) is 12.9. The first-order chi connectivity index (χ1) is 19.2. The summed E-state index contributed by atoms with van der Waals surface area (Å²) in [5, 5.41) is 3.13. The van der Waals surface area contributed by atoms with Crippen LogP contribution in [0.2, 0.25) is 0 Å². The number of hydrogen-bond acceptors (Lipinski definition) is 5. The molecule has 0 aliphatic carbocycles. The van der Waals surface area contributed by atoms with Gasteiger partial charge in [0, 0.05) is 12.6 Å². The summed E-state index contributed by atoms with van der Waals surface area (Å²) in [7, 11) is 0. The summed E-state index contributed by atoms with van der Waals surface area (Å²) in [5.41, 5.74) is -0.0322. The van der Waals surface area contributed by atoms with Crippen molar-refractivity contribution in [3.63, 3.8) is 0 Å². The minimum absolute atomic E-state index is 0.204. The molecule has 0 bridgehead atoms. The van der Waals surface area contributed by atoms with E-state index in [4.69, 9.17) is 9.47 Å². The number of aromatic nitrogens is 1. The van der Waals surface area contributed by atoms with E-state index in [-0.39, 0.29) is 24.6 Å². The average molecular weight is 562 g/mol. The van der Waals surface area contributed by atoms with Crippen molar-refractivity contribution < 1.29 is 23.5 Å². The van der Waals surface area contributed by atoms with Crippen LogP contribution in [0.15, 0.2) is 72.9 Å². The van der Waals surface area contributed by atoms with E-state index < -0.39 is 35.1 Å². The number of pyridine rings is 1. The topological polar surface area (TPSA) is 80.8 Å². The molecule has 8 heteroatoms. The summed E-state index contributed by atoms with van der Waals surface area (Å²) in [6.07, 6.45) is 0.939. The molecule has 1 N–H and O–H groups in total. The summed E-state index contributed by atoms with van der Waals surface area (Å²) in [6, 6.07) is 19.1. The number of carbonyl (C=O) groups is 2. The lowest BCUT2D eigenvalue weighted by atomic mass is 9.93. The predicted octanol–water partition coefficient (Wildman–Crippen LogP) is 6.41. The molecule has 2 aromatic carbocycles. The van der Waals surface area contributed by atoms with Crippen molar-refractivity contribution in [3.8, 4) is 0 Å². The highest BCUT2D eigenvalue weighted by Gasteiger charge is 2.51. The minimum atomic E-state index is -1.05. The van der Waals surface area contributed by atoms with E-state index in [1.54, 1.807) is 76.0 Å². The molecule has 7 nitrogen and oxygen atoms in total. The van der Waals surface area contributed by atoms with Crippen molar-refractivity contribution in [3.05, 3.63) is 101 Å². The molecule has 1 fully saturated rings. The van der Waals surface area contributed by atoms with E-state index in [0.717, 1.165) is 5.56 Å². The number of carbonyl (C=O) groups excluding carboxylic acids is 2. The lowest BCUT2D eigenvalue weighted by Crippen LogP contribution is -2.51. The van der Waals surface area contributed by atoms with Gasteiger partial charge in [0.1, 0.15) is 17.1 Å². The molecule has 0 spiro atoms. The fourth-order valence-electron chi connectivity index (χ4n) is 5.30. The molecular formula is C33H40FN3O4. The van der Waals surface area contributed by atoms with Gasteiger partial charge in [0.25, 0.3) is 5.91 Å². The van der Waals surface area contributed by atoms with Crippen LogP contribution in [0.4, 0.5) is 9.18 Å². The Morgan fingerprint density at radius 1 is 0.976 bits per heavy atom. The van der Waals surface area contributed by atoms with Crippen molar-refractivity contribution >= 4 is 12.0 Å². The number of ether oxygens (including phenoxy) is 2. The molecule has 2 amide bonds. The molecule has 0 unspecified atom stereocenters. The summed E-state index contributed by atoms with van der Waals surface area (Å²) < 4.78 is 27.0. The summed E-state index contributed by atoms with van der Waals surface area (Å²) in [4.78, 5) is 33.2. The maximum atomic E-state index is 14.8. The second kappa shape index (κ2) is 11.6. The lowest BCUT2D eigenvalue weighted by molar-refractivity contribution is -0.0785. The first-order valence-corrected chi connectivity index (χ1v) is 13.9. The van der Waals surface area contributed by atoms with Gasteiger partial charge in [0.05, 0.1) is 28.9 Å². The molecule has 1 aliphatic rings. The Morgan fingerprint density at radius 3 is 2.29 bits per heavy atom. The van der Waals surface area contributed by atoms with Crippen LogP contribution in [0.5, 0.6) is 0 Å². The second-order valence-corrected chi connectivity index (χ2v) is 12.5. The van der Waals surface area contributed by atoms with E-state index in [1.807, 2.05) is 44.2 Å². The maximum Gasteiger partial charge on any atom is 0.412 e. The van der Waals surface area contributed by atoms with Gasteiger partial charge in [-0.3, -0.25) is 14.7 Å². The van der Waals surface area contributed by atoms with Gasteiger partial charge in [-0.25, -0.2) is 9.18 Å². The largest absolute Gasteiger partial charge is 0.444 e. The Kier molecular flexibility index (Phi) is 8.54. The van der Waals surface area contributed by atoms with Crippen LogP contribution in [0.3, 0.4) is 0 Å². The summed E-state index contributed by atoms with van der Waals surface area (Å²) >= 11 is 0. The number of amides is 2. The van der Waals surface area contributed by atoms with Crippen LogP contribution in [-0.2, 0) is 27.9 Å². The molecule has 2 atom stereocenters. The van der Waals surface area contributed by atoms with E-state index in [0.29, 0.717) is 16.8 Å². The SMILES string of the molecule is CC(C)(C)OC(=O)N1[C@H](Cc2ccccc2F)[C@H](Cc2ncccc2C(=O)NC(C)(C)c2ccccc2)OC1(C)C. The third-order valence-electron chi connectivity index (χ3n) is 7.21. The first kappa shape index (κ1) is 30.2. The Bertz CT molecular complexity index is 1380. The quantitative estimate of drug-likeness (QED) is 0.361. The van der Waals surface area contributed by atoms with Gasteiger partial charge >= 0.3 is 6.09 Å².